The van der Waals surface area contributed by atoms with Crippen molar-refractivity contribution in [3.8, 4) is 0 Å². The minimum atomic E-state index is -0.604. The lowest BCUT2D eigenvalue weighted by Crippen LogP contribution is -2.64. The van der Waals surface area contributed by atoms with Crippen LogP contribution in [0.2, 0.25) is 5.02 Å². The maximum absolute atomic E-state index is 14.7. The lowest BCUT2D eigenvalue weighted by molar-refractivity contribution is -0.0430. The summed E-state index contributed by atoms with van der Waals surface area (Å²) in [6, 6.07) is 7.82. The normalized spacial score (nSPS) is 15.6. The van der Waals surface area contributed by atoms with Gasteiger partial charge in [0.05, 0.1) is 10.6 Å². The number of aromatic nitrogens is 1. The molecule has 3 rings (SSSR count). The molecule has 0 radical (unpaired) electrons. The molecule has 1 aliphatic heterocycles. The van der Waals surface area contributed by atoms with Crippen molar-refractivity contribution in [3.05, 3.63) is 47.1 Å². The van der Waals surface area contributed by atoms with Gasteiger partial charge in [0, 0.05) is 26.7 Å². The number of ether oxygens (including phenoxy) is 1. The van der Waals surface area contributed by atoms with Crippen LogP contribution in [0.1, 0.15) is 6.42 Å². The van der Waals surface area contributed by atoms with Gasteiger partial charge in [-0.25, -0.2) is 9.37 Å². The summed E-state index contributed by atoms with van der Waals surface area (Å²) in [4.78, 5) is 8.12. The SMILES string of the molecule is COC1(CCN(C)C)CN(c2ccc(SNc3cccc(F)n3)c(F)c2Cl)C1. The van der Waals surface area contributed by atoms with Crippen molar-refractivity contribution >= 4 is 35.1 Å². The molecule has 1 fully saturated rings. The number of methoxy groups -OCH3 is 1. The zero-order chi connectivity index (χ0) is 20.3. The number of rotatable bonds is 8. The van der Waals surface area contributed by atoms with Crippen molar-refractivity contribution in [2.75, 3.05) is 50.5 Å². The monoisotopic (exact) mass is 428 g/mol. The van der Waals surface area contributed by atoms with Crippen LogP contribution in [-0.2, 0) is 4.74 Å². The molecule has 1 saturated heterocycles. The summed E-state index contributed by atoms with van der Waals surface area (Å²) >= 11 is 7.29. The number of hydrogen-bond donors (Lipinski definition) is 1. The molecule has 0 saturated carbocycles. The third kappa shape index (κ3) is 4.68. The summed E-state index contributed by atoms with van der Waals surface area (Å²) in [5.41, 5.74) is 0.409. The first-order valence-corrected chi connectivity index (χ1v) is 10.0. The second-order valence-corrected chi connectivity index (χ2v) is 8.28. The van der Waals surface area contributed by atoms with Crippen molar-refractivity contribution < 1.29 is 13.5 Å². The van der Waals surface area contributed by atoms with Gasteiger partial charge in [-0.05, 0) is 56.7 Å². The molecule has 1 N–H and O–H groups in total. The number of halogens is 3. The molecular weight excluding hydrogens is 406 g/mol. The Hall–Kier alpha value is -1.61. The topological polar surface area (TPSA) is 40.6 Å². The van der Waals surface area contributed by atoms with Crippen LogP contribution in [0.3, 0.4) is 0 Å². The molecule has 152 valence electrons. The average Bonchev–Trinajstić information content (AvgIpc) is 2.63. The van der Waals surface area contributed by atoms with E-state index in [1.807, 2.05) is 19.0 Å². The Balaban J connectivity index is 1.66. The molecule has 0 unspecified atom stereocenters. The molecular formula is C19H23ClF2N4OS. The minimum absolute atomic E-state index is 0.0660. The molecule has 2 heterocycles. The van der Waals surface area contributed by atoms with Gasteiger partial charge in [-0.1, -0.05) is 17.7 Å². The Bertz CT molecular complexity index is 834. The van der Waals surface area contributed by atoms with Gasteiger partial charge in [-0.2, -0.15) is 4.39 Å². The number of nitrogens with zero attached hydrogens (tertiary/aromatic N) is 3. The highest BCUT2D eigenvalue weighted by molar-refractivity contribution is 8.00. The Kier molecular flexibility index (Phi) is 6.65. The summed E-state index contributed by atoms with van der Waals surface area (Å²) < 4.78 is 36.4. The van der Waals surface area contributed by atoms with E-state index in [-0.39, 0.29) is 10.6 Å². The number of benzene rings is 1. The standard InChI is InChI=1S/C19H23ClF2N4OS/c1-25(2)10-9-19(27-3)11-26(12-19)13-7-8-14(18(22)17(13)20)28-24-16-6-4-5-15(21)23-16/h4-8H,9-12H2,1-3H3,(H,23,24). The lowest BCUT2D eigenvalue weighted by Gasteiger charge is -2.51. The maximum Gasteiger partial charge on any atom is 0.214 e. The molecule has 0 atom stereocenters. The highest BCUT2D eigenvalue weighted by atomic mass is 35.5. The number of nitrogens with one attached hydrogen (secondary N) is 1. The maximum atomic E-state index is 14.7. The molecule has 0 bridgehead atoms. The molecule has 28 heavy (non-hydrogen) atoms. The van der Waals surface area contributed by atoms with Crippen LogP contribution >= 0.6 is 23.5 Å². The zero-order valence-corrected chi connectivity index (χ0v) is 17.6. The highest BCUT2D eigenvalue weighted by Crippen LogP contribution is 2.40. The highest BCUT2D eigenvalue weighted by Gasteiger charge is 2.44. The van der Waals surface area contributed by atoms with Crippen molar-refractivity contribution in [1.82, 2.24) is 9.88 Å². The van der Waals surface area contributed by atoms with Crippen LogP contribution in [0.15, 0.2) is 35.2 Å². The summed E-state index contributed by atoms with van der Waals surface area (Å²) in [5, 5.41) is 0.0660. The minimum Gasteiger partial charge on any atom is -0.374 e. The van der Waals surface area contributed by atoms with Gasteiger partial charge in [-0.15, -0.1) is 0 Å². The third-order valence-corrected chi connectivity index (χ3v) is 5.96. The van der Waals surface area contributed by atoms with E-state index in [9.17, 15) is 8.78 Å². The van der Waals surface area contributed by atoms with Gasteiger partial charge < -0.3 is 19.3 Å². The Morgan fingerprint density at radius 1 is 1.29 bits per heavy atom. The van der Waals surface area contributed by atoms with Gasteiger partial charge in [-0.3, -0.25) is 0 Å². The fourth-order valence-electron chi connectivity index (χ4n) is 3.05. The predicted molar refractivity (Wildman–Crippen MR) is 110 cm³/mol. The lowest BCUT2D eigenvalue weighted by atomic mass is 9.89. The van der Waals surface area contributed by atoms with Gasteiger partial charge >= 0.3 is 0 Å². The van der Waals surface area contributed by atoms with E-state index >= 15 is 0 Å². The molecule has 0 spiro atoms. The van der Waals surface area contributed by atoms with Crippen LogP contribution in [-0.4, -0.2) is 56.3 Å². The van der Waals surface area contributed by atoms with E-state index < -0.39 is 11.8 Å². The number of pyridine rings is 1. The van der Waals surface area contributed by atoms with E-state index in [0.717, 1.165) is 24.9 Å². The second kappa shape index (κ2) is 8.82. The predicted octanol–water partition coefficient (Wildman–Crippen LogP) is 4.29. The van der Waals surface area contributed by atoms with Crippen LogP contribution in [0.25, 0.3) is 0 Å². The van der Waals surface area contributed by atoms with Gasteiger partial charge in [0.1, 0.15) is 16.4 Å². The Morgan fingerprint density at radius 3 is 2.68 bits per heavy atom. The van der Waals surface area contributed by atoms with Crippen LogP contribution in [0.5, 0.6) is 0 Å². The van der Waals surface area contributed by atoms with E-state index in [1.54, 1.807) is 25.3 Å². The molecule has 1 aromatic heterocycles. The Labute approximate surface area is 173 Å². The molecule has 2 aromatic rings. The molecule has 9 heteroatoms. The van der Waals surface area contributed by atoms with E-state index in [1.165, 1.54) is 12.1 Å². The fourth-order valence-corrected chi connectivity index (χ4v) is 4.05. The van der Waals surface area contributed by atoms with Crippen molar-refractivity contribution in [2.45, 2.75) is 16.9 Å². The van der Waals surface area contributed by atoms with E-state index in [4.69, 9.17) is 16.3 Å². The second-order valence-electron chi connectivity index (χ2n) is 7.06. The molecule has 0 amide bonds. The summed E-state index contributed by atoms with van der Waals surface area (Å²) in [5.74, 6) is -0.817. The smallest absolute Gasteiger partial charge is 0.214 e. The molecule has 1 aliphatic rings. The fraction of sp³-hybridized carbons (Fsp3) is 0.421. The number of hydrogen-bond acceptors (Lipinski definition) is 6. The summed E-state index contributed by atoms with van der Waals surface area (Å²) in [6.07, 6.45) is 0.894. The van der Waals surface area contributed by atoms with Crippen LogP contribution < -0.4 is 9.62 Å². The number of anilines is 2. The van der Waals surface area contributed by atoms with Crippen LogP contribution in [0, 0.1) is 11.8 Å². The third-order valence-electron chi connectivity index (χ3n) is 4.75. The largest absolute Gasteiger partial charge is 0.374 e. The van der Waals surface area contributed by atoms with E-state index in [2.05, 4.69) is 14.6 Å². The van der Waals surface area contributed by atoms with Gasteiger partial charge in [0.25, 0.3) is 0 Å². The van der Waals surface area contributed by atoms with Gasteiger partial charge in [0.15, 0.2) is 5.82 Å². The summed E-state index contributed by atoms with van der Waals surface area (Å²) in [6.45, 7) is 2.24. The van der Waals surface area contributed by atoms with E-state index in [0.29, 0.717) is 29.5 Å². The van der Waals surface area contributed by atoms with Crippen LogP contribution in [0.4, 0.5) is 20.3 Å². The first kappa shape index (κ1) is 21.1. The van der Waals surface area contributed by atoms with Crippen molar-refractivity contribution in [2.24, 2.45) is 0 Å². The quantitative estimate of drug-likeness (QED) is 0.499. The summed E-state index contributed by atoms with van der Waals surface area (Å²) in [7, 11) is 5.76. The Morgan fingerprint density at radius 2 is 2.04 bits per heavy atom. The van der Waals surface area contributed by atoms with Crippen molar-refractivity contribution in [1.29, 1.82) is 0 Å². The average molecular weight is 429 g/mol. The van der Waals surface area contributed by atoms with Crippen molar-refractivity contribution in [3.63, 3.8) is 0 Å². The van der Waals surface area contributed by atoms with Gasteiger partial charge in [0.2, 0.25) is 5.95 Å². The molecule has 0 aliphatic carbocycles. The molecule has 1 aromatic carbocycles. The molecule has 5 nitrogen and oxygen atoms in total. The zero-order valence-electron chi connectivity index (χ0n) is 16.0. The first-order valence-electron chi connectivity index (χ1n) is 8.82. The first-order chi connectivity index (χ1) is 13.3.